The lowest BCUT2D eigenvalue weighted by Crippen LogP contribution is -2.03. The predicted molar refractivity (Wildman–Crippen MR) is 61.0 cm³/mol. The van der Waals surface area contributed by atoms with E-state index in [0.717, 1.165) is 6.07 Å². The van der Waals surface area contributed by atoms with E-state index >= 15 is 0 Å². The molecule has 98 valence electrons. The van der Waals surface area contributed by atoms with Gasteiger partial charge in [-0.3, -0.25) is 0 Å². The summed E-state index contributed by atoms with van der Waals surface area (Å²) in [5, 5.41) is 0. The highest BCUT2D eigenvalue weighted by molar-refractivity contribution is 8.14. The van der Waals surface area contributed by atoms with Crippen LogP contribution in [0, 0.1) is 0 Å². The van der Waals surface area contributed by atoms with Crippen molar-refractivity contribution in [3.8, 4) is 0 Å². The SMILES string of the molecule is O=S(=O)(Cl)c1c(SC(F)(F)F)ccc2[nH]cnc12. The molecule has 18 heavy (non-hydrogen) atoms. The van der Waals surface area contributed by atoms with Crippen molar-refractivity contribution >= 4 is 42.5 Å². The van der Waals surface area contributed by atoms with Crippen molar-refractivity contribution in [1.82, 2.24) is 9.97 Å². The molecule has 1 N–H and O–H groups in total. The number of rotatable bonds is 2. The first-order chi connectivity index (χ1) is 8.18. The maximum absolute atomic E-state index is 12.3. The number of fused-ring (bicyclic) bond motifs is 1. The molecular formula is C8H4ClF3N2O2S2. The van der Waals surface area contributed by atoms with Gasteiger partial charge in [0.15, 0.2) is 0 Å². The molecule has 0 radical (unpaired) electrons. The largest absolute Gasteiger partial charge is 0.446 e. The fourth-order valence-electron chi connectivity index (χ4n) is 1.40. The normalized spacial score (nSPS) is 13.1. The van der Waals surface area contributed by atoms with Gasteiger partial charge in [-0.05, 0) is 23.9 Å². The Hall–Kier alpha value is -0.930. The van der Waals surface area contributed by atoms with Crippen LogP contribution in [0.15, 0.2) is 28.3 Å². The van der Waals surface area contributed by atoms with Crippen LogP contribution in [0.2, 0.25) is 0 Å². The standard InChI is InChI=1S/C8H4ClF3N2O2S2/c9-18(15,16)7-5(17-8(10,11)12)2-1-4-6(7)14-3-13-4/h1-3H,(H,13,14). The van der Waals surface area contributed by atoms with Crippen LogP contribution < -0.4 is 0 Å². The number of aromatic amines is 1. The first-order valence-electron chi connectivity index (χ1n) is 4.35. The lowest BCUT2D eigenvalue weighted by atomic mass is 10.3. The van der Waals surface area contributed by atoms with Gasteiger partial charge >= 0.3 is 5.51 Å². The number of benzene rings is 1. The van der Waals surface area contributed by atoms with Crippen LogP contribution in [-0.2, 0) is 9.05 Å². The van der Waals surface area contributed by atoms with Crippen LogP contribution in [0.4, 0.5) is 13.2 Å². The number of nitrogens with zero attached hydrogens (tertiary/aromatic N) is 1. The predicted octanol–water partition coefficient (Wildman–Crippen LogP) is 3.10. The molecule has 1 aromatic heterocycles. The van der Waals surface area contributed by atoms with E-state index in [4.69, 9.17) is 10.7 Å². The van der Waals surface area contributed by atoms with Gasteiger partial charge in [-0.25, -0.2) is 13.4 Å². The van der Waals surface area contributed by atoms with Gasteiger partial charge in [0.1, 0.15) is 10.4 Å². The number of nitrogens with one attached hydrogen (secondary N) is 1. The highest BCUT2D eigenvalue weighted by Crippen LogP contribution is 2.42. The number of alkyl halides is 3. The molecule has 0 saturated carbocycles. The van der Waals surface area contributed by atoms with Crippen LogP contribution in [0.1, 0.15) is 0 Å². The lowest BCUT2D eigenvalue weighted by molar-refractivity contribution is -0.0328. The van der Waals surface area contributed by atoms with Crippen molar-refractivity contribution in [3.63, 3.8) is 0 Å². The Balaban J connectivity index is 2.74. The first kappa shape index (κ1) is 13.5. The van der Waals surface area contributed by atoms with Gasteiger partial charge in [0.25, 0.3) is 9.05 Å². The molecule has 0 spiro atoms. The summed E-state index contributed by atoms with van der Waals surface area (Å²) >= 11 is -0.545. The monoisotopic (exact) mass is 316 g/mol. The number of imidazole rings is 1. The topological polar surface area (TPSA) is 62.8 Å². The summed E-state index contributed by atoms with van der Waals surface area (Å²) in [4.78, 5) is 5.14. The van der Waals surface area contributed by atoms with Gasteiger partial charge in [0.05, 0.1) is 11.8 Å². The van der Waals surface area contributed by atoms with Crippen LogP contribution in [0.3, 0.4) is 0 Å². The highest BCUT2D eigenvalue weighted by atomic mass is 35.7. The van der Waals surface area contributed by atoms with E-state index < -0.39 is 36.1 Å². The van der Waals surface area contributed by atoms with E-state index in [0.29, 0.717) is 5.52 Å². The molecule has 0 amide bonds. The summed E-state index contributed by atoms with van der Waals surface area (Å²) in [6.07, 6.45) is 1.18. The van der Waals surface area contributed by atoms with E-state index in [1.165, 1.54) is 12.4 Å². The van der Waals surface area contributed by atoms with E-state index in [9.17, 15) is 21.6 Å². The zero-order valence-electron chi connectivity index (χ0n) is 8.32. The fraction of sp³-hybridized carbons (Fsp3) is 0.125. The highest BCUT2D eigenvalue weighted by Gasteiger charge is 2.33. The smallest absolute Gasteiger partial charge is 0.345 e. The van der Waals surface area contributed by atoms with E-state index in [-0.39, 0.29) is 5.52 Å². The van der Waals surface area contributed by atoms with Gasteiger partial charge in [0, 0.05) is 15.6 Å². The summed E-state index contributed by atoms with van der Waals surface area (Å²) in [5.41, 5.74) is -4.43. The molecule has 2 rings (SSSR count). The second-order valence-corrected chi connectivity index (χ2v) is 6.79. The van der Waals surface area contributed by atoms with Crippen molar-refractivity contribution < 1.29 is 21.6 Å². The third kappa shape index (κ3) is 2.73. The molecule has 0 aliphatic carbocycles. The van der Waals surface area contributed by atoms with Gasteiger partial charge < -0.3 is 4.98 Å². The number of halogens is 4. The van der Waals surface area contributed by atoms with Gasteiger partial charge in [0.2, 0.25) is 0 Å². The number of H-pyrrole nitrogens is 1. The molecule has 0 saturated heterocycles. The van der Waals surface area contributed by atoms with Crippen molar-refractivity contribution in [2.45, 2.75) is 15.3 Å². The summed E-state index contributed by atoms with van der Waals surface area (Å²) in [6, 6.07) is 2.34. The van der Waals surface area contributed by atoms with Crippen LogP contribution in [0.25, 0.3) is 11.0 Å². The van der Waals surface area contributed by atoms with Gasteiger partial charge in [-0.2, -0.15) is 13.2 Å². The summed E-state index contributed by atoms with van der Waals surface area (Å²) in [6.45, 7) is 0. The summed E-state index contributed by atoms with van der Waals surface area (Å²) < 4.78 is 59.8. The molecule has 0 bridgehead atoms. The second-order valence-electron chi connectivity index (χ2n) is 3.18. The molecular weight excluding hydrogens is 313 g/mol. The Morgan fingerprint density at radius 3 is 2.56 bits per heavy atom. The van der Waals surface area contributed by atoms with Crippen molar-refractivity contribution in [2.75, 3.05) is 0 Å². The van der Waals surface area contributed by atoms with Gasteiger partial charge in [-0.15, -0.1) is 0 Å². The third-order valence-corrected chi connectivity index (χ3v) is 4.26. The number of hydrogen-bond donors (Lipinski definition) is 1. The quantitative estimate of drug-likeness (QED) is 0.683. The molecule has 0 unspecified atom stereocenters. The molecule has 0 fully saturated rings. The second kappa shape index (κ2) is 4.32. The van der Waals surface area contributed by atoms with Crippen molar-refractivity contribution in [3.05, 3.63) is 18.5 Å². The summed E-state index contributed by atoms with van der Waals surface area (Å²) in [5.74, 6) is 0. The molecule has 0 aliphatic rings. The Labute approximate surface area is 108 Å². The summed E-state index contributed by atoms with van der Waals surface area (Å²) in [7, 11) is 0.833. The molecule has 0 atom stereocenters. The fourth-order valence-corrected chi connectivity index (χ4v) is 3.74. The van der Waals surface area contributed by atoms with Crippen LogP contribution in [-0.4, -0.2) is 23.9 Å². The maximum atomic E-state index is 12.3. The van der Waals surface area contributed by atoms with Gasteiger partial charge in [-0.1, -0.05) is 0 Å². The minimum atomic E-state index is -4.61. The zero-order valence-corrected chi connectivity index (χ0v) is 10.7. The van der Waals surface area contributed by atoms with Crippen LogP contribution >= 0.6 is 22.4 Å². The number of aromatic nitrogens is 2. The van der Waals surface area contributed by atoms with E-state index in [2.05, 4.69) is 9.97 Å². The molecule has 1 heterocycles. The number of hydrogen-bond acceptors (Lipinski definition) is 4. The first-order valence-corrected chi connectivity index (χ1v) is 7.47. The zero-order chi connectivity index (χ0) is 13.6. The van der Waals surface area contributed by atoms with Crippen molar-refractivity contribution in [2.24, 2.45) is 0 Å². The maximum Gasteiger partial charge on any atom is 0.446 e. The Morgan fingerprint density at radius 1 is 1.33 bits per heavy atom. The Morgan fingerprint density at radius 2 is 2.00 bits per heavy atom. The molecule has 1 aromatic carbocycles. The number of thioether (sulfide) groups is 1. The molecule has 2 aromatic rings. The Bertz CT molecular complexity index is 696. The average Bonchev–Trinajstić information content (AvgIpc) is 2.59. The average molecular weight is 317 g/mol. The molecule has 4 nitrogen and oxygen atoms in total. The van der Waals surface area contributed by atoms with E-state index in [1.54, 1.807) is 0 Å². The van der Waals surface area contributed by atoms with E-state index in [1.807, 2.05) is 0 Å². The Kier molecular flexibility index (Phi) is 3.24. The van der Waals surface area contributed by atoms with Crippen molar-refractivity contribution in [1.29, 1.82) is 0 Å². The van der Waals surface area contributed by atoms with Crippen LogP contribution in [0.5, 0.6) is 0 Å². The lowest BCUT2D eigenvalue weighted by Gasteiger charge is -2.09. The molecule has 10 heteroatoms. The third-order valence-electron chi connectivity index (χ3n) is 1.98. The minimum Gasteiger partial charge on any atom is -0.345 e. The molecule has 0 aliphatic heterocycles. The minimum absolute atomic E-state index is 0.112.